The Morgan fingerprint density at radius 2 is 1.74 bits per heavy atom. The predicted octanol–water partition coefficient (Wildman–Crippen LogP) is 5.01. The number of hydrogen-bond acceptors (Lipinski definition) is 12. The lowest BCUT2D eigenvalue weighted by molar-refractivity contribution is -0.141. The van der Waals surface area contributed by atoms with Crippen molar-refractivity contribution in [3.8, 4) is 0 Å². The van der Waals surface area contributed by atoms with Crippen molar-refractivity contribution in [1.82, 2.24) is 30.2 Å². The number of aromatic amines is 2. The first-order valence-corrected chi connectivity index (χ1v) is 21.5. The highest BCUT2D eigenvalue weighted by atomic mass is 32.2. The van der Waals surface area contributed by atoms with Crippen LogP contribution in [0.3, 0.4) is 0 Å². The fourth-order valence-corrected chi connectivity index (χ4v) is 9.51. The molecule has 1 unspecified atom stereocenters. The van der Waals surface area contributed by atoms with Gasteiger partial charge in [-0.1, -0.05) is 26.5 Å². The molecule has 0 aromatic carbocycles. The van der Waals surface area contributed by atoms with E-state index in [1.165, 1.54) is 14.2 Å². The molecule has 16 nitrogen and oxygen atoms in total. The lowest BCUT2D eigenvalue weighted by Gasteiger charge is -2.19. The van der Waals surface area contributed by atoms with Crippen molar-refractivity contribution < 1.29 is 43.3 Å². The van der Waals surface area contributed by atoms with Crippen molar-refractivity contribution in [1.29, 1.82) is 0 Å². The van der Waals surface area contributed by atoms with Crippen molar-refractivity contribution in [3.05, 3.63) is 75.4 Å². The molecule has 0 aliphatic carbocycles. The van der Waals surface area contributed by atoms with Crippen molar-refractivity contribution >= 4 is 86.7 Å². The number of likely N-dealkylation sites (tertiary alicyclic amines) is 1. The second-order valence-corrected chi connectivity index (χ2v) is 16.9. The Morgan fingerprint density at radius 3 is 2.40 bits per heavy atom. The number of carboxylic acids is 1. The van der Waals surface area contributed by atoms with E-state index in [9.17, 15) is 28.8 Å². The maximum atomic E-state index is 14.1. The van der Waals surface area contributed by atoms with Gasteiger partial charge in [-0.05, 0) is 74.1 Å². The van der Waals surface area contributed by atoms with Crippen LogP contribution in [0.15, 0.2) is 24.8 Å². The third-order valence-corrected chi connectivity index (χ3v) is 13.3. The van der Waals surface area contributed by atoms with Crippen LogP contribution in [0.1, 0.15) is 102 Å². The fraction of sp³-hybridized carbons (Fsp3) is 0.422. The van der Waals surface area contributed by atoms with Gasteiger partial charge in [0.1, 0.15) is 6.04 Å². The van der Waals surface area contributed by atoms with E-state index >= 15 is 0 Å². The van der Waals surface area contributed by atoms with Gasteiger partial charge in [0, 0.05) is 82.4 Å². The first-order chi connectivity index (χ1) is 29.5. The van der Waals surface area contributed by atoms with E-state index in [2.05, 4.69) is 41.8 Å². The number of methoxy groups -OCH3 is 2. The van der Waals surface area contributed by atoms with Gasteiger partial charge in [-0.25, -0.2) is 9.78 Å². The average molecular weight is 868 g/mol. The lowest BCUT2D eigenvalue weighted by atomic mass is 9.84. The monoisotopic (exact) mass is 867 g/mol. The Kier molecular flexibility index (Phi) is 13.9. The number of ether oxygens (including phenoxy) is 2. The minimum atomic E-state index is -1.21. The standard InChI is InChI=1S/C45H53N7O9S/c1-9-25-21(3)30-16-32-23(5)27(11-12-39(55)60-7)41(50-32)28(15-37(53)47-13-14-52-38(54)19-36(43(52)56)62-20-29(46)44(57)58)42-40(45(59)61-8)24(6)33(51-42)18-35-26(10-2)22(4)31(49-35)17-34(25)48-30/h9,16-18,23,27,29,36,48-49H,1,10-15,19-20,46H2,2-8H3,(H,47,53)(H,57,58)/t23-,27-,29-,36?/m0/s1. The number of aryl methyl sites for hydroxylation is 3. The number of carbonyl (C=O) groups is 6. The van der Waals surface area contributed by atoms with Gasteiger partial charge in [0.05, 0.1) is 48.5 Å². The third-order valence-electron chi connectivity index (χ3n) is 12.0. The maximum absolute atomic E-state index is 14.1. The van der Waals surface area contributed by atoms with Gasteiger partial charge >= 0.3 is 17.9 Å². The van der Waals surface area contributed by atoms with Crippen LogP contribution in [0.4, 0.5) is 0 Å². The molecule has 4 atom stereocenters. The van der Waals surface area contributed by atoms with Crippen molar-refractivity contribution in [2.75, 3.05) is 33.1 Å². The molecule has 3 aliphatic rings. The Balaban J connectivity index is 1.52. The molecule has 3 aromatic rings. The summed E-state index contributed by atoms with van der Waals surface area (Å²) in [6.45, 7) is 13.8. The van der Waals surface area contributed by atoms with E-state index in [4.69, 9.17) is 30.3 Å². The topological polar surface area (TPSA) is 240 Å². The number of carbonyl (C=O) groups excluding carboxylic acids is 5. The van der Waals surface area contributed by atoms with Crippen LogP contribution >= 0.6 is 11.8 Å². The predicted molar refractivity (Wildman–Crippen MR) is 237 cm³/mol. The van der Waals surface area contributed by atoms with Crippen LogP contribution in [0.25, 0.3) is 39.3 Å². The summed E-state index contributed by atoms with van der Waals surface area (Å²) in [4.78, 5) is 96.2. The number of H-pyrrole nitrogens is 2. The summed E-state index contributed by atoms with van der Waals surface area (Å²) in [5.41, 5.74) is 15.8. The zero-order chi connectivity index (χ0) is 45.2. The summed E-state index contributed by atoms with van der Waals surface area (Å²) >= 11 is 1.01. The molecule has 0 radical (unpaired) electrons. The molecule has 17 heteroatoms. The highest BCUT2D eigenvalue weighted by Crippen LogP contribution is 2.44. The van der Waals surface area contributed by atoms with Gasteiger partial charge in [-0.3, -0.25) is 33.9 Å². The van der Waals surface area contributed by atoms with Gasteiger partial charge in [0.15, 0.2) is 0 Å². The van der Waals surface area contributed by atoms with Crippen LogP contribution in [-0.4, -0.2) is 110 Å². The lowest BCUT2D eigenvalue weighted by Crippen LogP contribution is -2.39. The van der Waals surface area contributed by atoms with Gasteiger partial charge < -0.3 is 35.6 Å². The molecule has 1 fully saturated rings. The van der Waals surface area contributed by atoms with Crippen molar-refractivity contribution in [3.63, 3.8) is 0 Å². The van der Waals surface area contributed by atoms with Crippen LogP contribution in [0.2, 0.25) is 0 Å². The summed E-state index contributed by atoms with van der Waals surface area (Å²) < 4.78 is 10.3. The second-order valence-electron chi connectivity index (χ2n) is 15.7. The van der Waals surface area contributed by atoms with E-state index in [0.717, 1.165) is 61.0 Å². The normalized spacial score (nSPS) is 17.9. The number of nitrogens with zero attached hydrogens (tertiary/aromatic N) is 3. The van der Waals surface area contributed by atoms with Crippen LogP contribution in [-0.2, 0) is 51.1 Å². The van der Waals surface area contributed by atoms with Crippen LogP contribution in [0, 0.1) is 13.8 Å². The number of aliphatic carboxylic acids is 1. The molecule has 6 N–H and O–H groups in total. The number of carboxylic acid groups (broad SMARTS) is 1. The molecular weight excluding hydrogens is 815 g/mol. The average Bonchev–Trinajstić information content (AvgIpc) is 3.99. The molecule has 6 rings (SSSR count). The quantitative estimate of drug-likeness (QED) is 0.0999. The van der Waals surface area contributed by atoms with Crippen molar-refractivity contribution in [2.45, 2.75) is 89.9 Å². The molecule has 3 aliphatic heterocycles. The number of allylic oxidation sites excluding steroid dienone is 1. The molecule has 328 valence electrons. The van der Waals surface area contributed by atoms with Crippen molar-refractivity contribution in [2.24, 2.45) is 5.73 Å². The zero-order valence-electron chi connectivity index (χ0n) is 36.0. The van der Waals surface area contributed by atoms with E-state index in [0.29, 0.717) is 41.1 Å². The Bertz CT molecular complexity index is 2570. The zero-order valence-corrected chi connectivity index (χ0v) is 36.8. The Labute approximate surface area is 363 Å². The minimum absolute atomic E-state index is 0.0456. The number of aromatic nitrogens is 4. The summed E-state index contributed by atoms with van der Waals surface area (Å²) in [6, 6.07) is 4.73. The molecule has 8 bridgehead atoms. The number of nitrogens with one attached hydrogen (secondary N) is 3. The molecule has 1 saturated heterocycles. The summed E-state index contributed by atoms with van der Waals surface area (Å²) in [5, 5.41) is 11.2. The second kappa shape index (κ2) is 18.9. The number of thioether (sulfide) groups is 1. The number of nitrogens with two attached hydrogens (primary N) is 1. The molecule has 0 saturated carbocycles. The number of hydrogen-bond donors (Lipinski definition) is 5. The highest BCUT2D eigenvalue weighted by Gasteiger charge is 2.40. The summed E-state index contributed by atoms with van der Waals surface area (Å²) in [7, 11) is 2.60. The Hall–Kier alpha value is -6.07. The first-order valence-electron chi connectivity index (χ1n) is 20.5. The molecule has 3 aromatic heterocycles. The van der Waals surface area contributed by atoms with Crippen LogP contribution in [0.5, 0.6) is 0 Å². The molecule has 3 amide bonds. The van der Waals surface area contributed by atoms with E-state index < -0.39 is 52.8 Å². The third kappa shape index (κ3) is 8.95. The van der Waals surface area contributed by atoms with Crippen LogP contribution < -0.4 is 11.1 Å². The highest BCUT2D eigenvalue weighted by molar-refractivity contribution is 8.00. The Morgan fingerprint density at radius 1 is 1.03 bits per heavy atom. The van der Waals surface area contributed by atoms with Gasteiger partial charge in [-0.15, -0.1) is 11.8 Å². The number of rotatable bonds is 15. The first kappa shape index (κ1) is 45.5. The molecule has 6 heterocycles. The maximum Gasteiger partial charge on any atom is 0.340 e. The summed E-state index contributed by atoms with van der Waals surface area (Å²) in [6.07, 6.45) is 2.46. The molecule has 62 heavy (non-hydrogen) atoms. The van der Waals surface area contributed by atoms with E-state index in [1.807, 2.05) is 32.1 Å². The minimum Gasteiger partial charge on any atom is -0.480 e. The number of fused-ring (bicyclic) bond motifs is 8. The summed E-state index contributed by atoms with van der Waals surface area (Å²) in [5.74, 6) is -4.44. The smallest absolute Gasteiger partial charge is 0.340 e. The van der Waals surface area contributed by atoms with Gasteiger partial charge in [-0.2, -0.15) is 0 Å². The number of imide groups is 1. The van der Waals surface area contributed by atoms with E-state index in [-0.39, 0.29) is 55.3 Å². The van der Waals surface area contributed by atoms with E-state index in [1.54, 1.807) is 6.92 Å². The fourth-order valence-electron chi connectivity index (χ4n) is 8.40. The largest absolute Gasteiger partial charge is 0.480 e. The SMILES string of the molecule is C=Cc1c(C)c2cc3nc(c(CC(=O)NCCN4C(=O)CC(SC[C@H](N)C(=O)O)C4=O)c4nc(cc5[nH]c(cc1[nH]2)c(C)c5CC)C(C)=C4C(=O)OC)[C@@H](CCC(=O)OC)[C@@H]3C. The number of esters is 2. The number of amides is 3. The van der Waals surface area contributed by atoms with Gasteiger partial charge in [0.25, 0.3) is 0 Å². The van der Waals surface area contributed by atoms with Gasteiger partial charge in [0.2, 0.25) is 17.7 Å². The molecule has 0 spiro atoms. The molecular formula is C45H53N7O9S.